The lowest BCUT2D eigenvalue weighted by Gasteiger charge is -2.23. The molecule has 1 aliphatic rings. The summed E-state index contributed by atoms with van der Waals surface area (Å²) in [7, 11) is -1.96. The van der Waals surface area contributed by atoms with Crippen LogP contribution in [0.15, 0.2) is 41.3 Å². The Morgan fingerprint density at radius 2 is 1.97 bits per heavy atom. The van der Waals surface area contributed by atoms with E-state index in [-0.39, 0.29) is 35.5 Å². The van der Waals surface area contributed by atoms with E-state index in [4.69, 9.17) is 14.5 Å². The molecule has 1 fully saturated rings. The van der Waals surface area contributed by atoms with Gasteiger partial charge in [-0.05, 0) is 74.6 Å². The molecule has 34 heavy (non-hydrogen) atoms. The number of rotatable bonds is 9. The van der Waals surface area contributed by atoms with Gasteiger partial charge in [0.25, 0.3) is 0 Å². The molecule has 0 spiro atoms. The highest BCUT2D eigenvalue weighted by Gasteiger charge is 2.27. The summed E-state index contributed by atoms with van der Waals surface area (Å²) < 4.78 is 37.4. The largest absolute Gasteiger partial charge is 0.497 e. The van der Waals surface area contributed by atoms with Gasteiger partial charge in [0, 0.05) is 13.0 Å². The molecule has 2 aromatic carbocycles. The minimum absolute atomic E-state index is 0.0261. The van der Waals surface area contributed by atoms with Gasteiger partial charge in [-0.3, -0.25) is 9.69 Å². The molecule has 1 aromatic heterocycles. The van der Waals surface area contributed by atoms with Crippen LogP contribution in [-0.2, 0) is 19.4 Å². The molecule has 9 heteroatoms. The Kier molecular flexibility index (Phi) is 7.54. The van der Waals surface area contributed by atoms with Crippen molar-refractivity contribution in [2.75, 3.05) is 30.9 Å². The van der Waals surface area contributed by atoms with Crippen LogP contribution < -0.4 is 9.64 Å². The molecule has 0 N–H and O–H groups in total. The van der Waals surface area contributed by atoms with E-state index in [1.54, 1.807) is 17.0 Å². The topological polar surface area (TPSA) is 85.8 Å². The second-order valence-electron chi connectivity index (χ2n) is 8.59. The number of hydrogen-bond acceptors (Lipinski definition) is 7. The van der Waals surface area contributed by atoms with Crippen LogP contribution in [-0.4, -0.2) is 51.4 Å². The normalized spacial score (nSPS) is 16.1. The van der Waals surface area contributed by atoms with E-state index in [0.29, 0.717) is 24.0 Å². The molecule has 0 bridgehead atoms. The van der Waals surface area contributed by atoms with Crippen LogP contribution in [0.1, 0.15) is 36.8 Å². The SMILES string of the molecule is COc1ccc(S(=O)(=O)CCCC(=O)N(CC2CCCO2)c2nc3c(C)c(C)ccc3s2)cc1. The zero-order chi connectivity index (χ0) is 24.3. The fourth-order valence-electron chi connectivity index (χ4n) is 4.06. The molecule has 0 aliphatic carbocycles. The molecule has 1 saturated heterocycles. The number of hydrogen-bond donors (Lipinski definition) is 0. The fraction of sp³-hybridized carbons (Fsp3) is 0.440. The predicted octanol–water partition coefficient (Wildman–Crippen LogP) is 4.69. The quantitative estimate of drug-likeness (QED) is 0.422. The van der Waals surface area contributed by atoms with Crippen molar-refractivity contribution in [1.82, 2.24) is 4.98 Å². The number of nitrogens with zero attached hydrogens (tertiary/aromatic N) is 2. The first-order chi connectivity index (χ1) is 16.3. The summed E-state index contributed by atoms with van der Waals surface area (Å²) in [5.74, 6) is 0.366. The zero-order valence-corrected chi connectivity index (χ0v) is 21.4. The summed E-state index contributed by atoms with van der Waals surface area (Å²) >= 11 is 1.49. The van der Waals surface area contributed by atoms with E-state index in [2.05, 4.69) is 6.07 Å². The van der Waals surface area contributed by atoms with Crippen LogP contribution in [0.5, 0.6) is 5.75 Å². The number of thiazole rings is 1. The summed E-state index contributed by atoms with van der Waals surface area (Å²) in [6.45, 7) is 5.22. The van der Waals surface area contributed by atoms with Gasteiger partial charge in [0.1, 0.15) is 5.75 Å². The monoisotopic (exact) mass is 502 g/mol. The van der Waals surface area contributed by atoms with E-state index in [0.717, 1.165) is 34.2 Å². The Labute approximate surface area is 204 Å². The zero-order valence-electron chi connectivity index (χ0n) is 19.7. The molecule has 1 atom stereocenters. The minimum atomic E-state index is -3.49. The summed E-state index contributed by atoms with van der Waals surface area (Å²) in [4.78, 5) is 20.0. The van der Waals surface area contributed by atoms with Gasteiger partial charge in [-0.15, -0.1) is 0 Å². The lowest BCUT2D eigenvalue weighted by molar-refractivity contribution is -0.119. The van der Waals surface area contributed by atoms with Gasteiger partial charge in [-0.1, -0.05) is 17.4 Å². The Morgan fingerprint density at radius 1 is 1.21 bits per heavy atom. The summed E-state index contributed by atoms with van der Waals surface area (Å²) in [5, 5.41) is 0.641. The molecule has 0 radical (unpaired) electrons. The lowest BCUT2D eigenvalue weighted by atomic mass is 10.1. The Balaban J connectivity index is 1.49. The summed E-state index contributed by atoms with van der Waals surface area (Å²) in [6, 6.07) is 10.4. The Morgan fingerprint density at radius 3 is 2.65 bits per heavy atom. The molecular formula is C25H30N2O5S2. The number of fused-ring (bicyclic) bond motifs is 1. The average molecular weight is 503 g/mol. The smallest absolute Gasteiger partial charge is 0.228 e. The highest BCUT2D eigenvalue weighted by atomic mass is 32.2. The minimum Gasteiger partial charge on any atom is -0.497 e. The molecule has 1 unspecified atom stereocenters. The molecular weight excluding hydrogens is 472 g/mol. The van der Waals surface area contributed by atoms with Gasteiger partial charge in [0.05, 0.1) is 40.6 Å². The van der Waals surface area contributed by atoms with Gasteiger partial charge >= 0.3 is 0 Å². The molecule has 2 heterocycles. The number of anilines is 1. The maximum Gasteiger partial charge on any atom is 0.228 e. The molecule has 1 aliphatic heterocycles. The van der Waals surface area contributed by atoms with E-state index >= 15 is 0 Å². The van der Waals surface area contributed by atoms with E-state index < -0.39 is 9.84 Å². The van der Waals surface area contributed by atoms with Crippen LogP contribution >= 0.6 is 11.3 Å². The molecule has 182 valence electrons. The van der Waals surface area contributed by atoms with Gasteiger partial charge in [0.2, 0.25) is 5.91 Å². The van der Waals surface area contributed by atoms with Crippen molar-refractivity contribution in [3.63, 3.8) is 0 Å². The Hall–Kier alpha value is -2.49. The second kappa shape index (κ2) is 10.4. The predicted molar refractivity (Wildman–Crippen MR) is 135 cm³/mol. The average Bonchev–Trinajstić information content (AvgIpc) is 3.50. The third-order valence-corrected chi connectivity index (χ3v) is 9.10. The molecule has 3 aromatic rings. The number of carbonyl (C=O) groups excluding carboxylic acids is 1. The van der Waals surface area contributed by atoms with Crippen molar-refractivity contribution in [3.05, 3.63) is 47.5 Å². The number of amides is 1. The maximum absolute atomic E-state index is 13.3. The van der Waals surface area contributed by atoms with Crippen LogP contribution in [0.3, 0.4) is 0 Å². The third kappa shape index (κ3) is 5.42. The first-order valence-electron chi connectivity index (χ1n) is 11.4. The first kappa shape index (κ1) is 24.6. The van der Waals surface area contributed by atoms with Crippen molar-refractivity contribution in [2.24, 2.45) is 0 Å². The molecule has 0 saturated carbocycles. The lowest BCUT2D eigenvalue weighted by Crippen LogP contribution is -2.37. The van der Waals surface area contributed by atoms with Crippen LogP contribution in [0, 0.1) is 13.8 Å². The van der Waals surface area contributed by atoms with Crippen LogP contribution in [0.25, 0.3) is 10.2 Å². The van der Waals surface area contributed by atoms with E-state index in [1.807, 2.05) is 19.9 Å². The number of ether oxygens (including phenoxy) is 2. The molecule has 4 rings (SSSR count). The molecule has 7 nitrogen and oxygen atoms in total. The molecule has 1 amide bonds. The number of carbonyl (C=O) groups is 1. The number of aryl methyl sites for hydroxylation is 2. The van der Waals surface area contributed by atoms with Crippen molar-refractivity contribution in [2.45, 2.75) is 50.5 Å². The highest BCUT2D eigenvalue weighted by Crippen LogP contribution is 2.33. The number of sulfone groups is 1. The Bertz CT molecular complexity index is 1260. The standard InChI is InChI=1S/C25H30N2O5S2/c1-17-8-13-22-24(18(17)2)26-25(33-22)27(16-20-6-4-14-32-20)23(28)7-5-15-34(29,30)21-11-9-19(31-3)10-12-21/h8-13,20H,4-7,14-16H2,1-3H3. The maximum atomic E-state index is 13.3. The summed E-state index contributed by atoms with van der Waals surface area (Å²) in [6.07, 6.45) is 2.21. The van der Waals surface area contributed by atoms with Crippen LogP contribution in [0.2, 0.25) is 0 Å². The van der Waals surface area contributed by atoms with Crippen molar-refractivity contribution in [1.29, 1.82) is 0 Å². The fourth-order valence-corrected chi connectivity index (χ4v) is 6.42. The van der Waals surface area contributed by atoms with E-state index in [1.165, 1.54) is 30.6 Å². The first-order valence-corrected chi connectivity index (χ1v) is 13.9. The van der Waals surface area contributed by atoms with Gasteiger partial charge in [-0.25, -0.2) is 13.4 Å². The van der Waals surface area contributed by atoms with Crippen LogP contribution in [0.4, 0.5) is 5.13 Å². The number of benzene rings is 2. The van der Waals surface area contributed by atoms with Gasteiger partial charge in [0.15, 0.2) is 15.0 Å². The van der Waals surface area contributed by atoms with Gasteiger partial charge in [-0.2, -0.15) is 0 Å². The van der Waals surface area contributed by atoms with E-state index in [9.17, 15) is 13.2 Å². The number of methoxy groups -OCH3 is 1. The highest BCUT2D eigenvalue weighted by molar-refractivity contribution is 7.91. The number of aromatic nitrogens is 1. The third-order valence-electron chi connectivity index (χ3n) is 6.24. The van der Waals surface area contributed by atoms with Crippen molar-refractivity contribution < 1.29 is 22.7 Å². The second-order valence-corrected chi connectivity index (χ2v) is 11.7. The van der Waals surface area contributed by atoms with Gasteiger partial charge < -0.3 is 9.47 Å². The van der Waals surface area contributed by atoms with Crippen molar-refractivity contribution >= 4 is 42.4 Å². The van der Waals surface area contributed by atoms with Crippen molar-refractivity contribution in [3.8, 4) is 5.75 Å². The summed E-state index contributed by atoms with van der Waals surface area (Å²) in [5.41, 5.74) is 3.17.